The Kier molecular flexibility index (Phi) is 4.59. The maximum Gasteiger partial charge on any atom is 0.292 e. The van der Waals surface area contributed by atoms with Crippen LogP contribution in [0, 0.1) is 0 Å². The standard InChI is InChI=1S/C14H15ClN4O4S/c15-13-12(18-5-7-23-8-6-18)9-17-19(14(13)20)10-1-3-11(4-2-10)24(16,21)22/h1-4,9H,5-8H2,(H2,16,21,22). The molecule has 0 amide bonds. The van der Waals surface area contributed by atoms with Gasteiger partial charge in [0.1, 0.15) is 5.02 Å². The number of anilines is 1. The summed E-state index contributed by atoms with van der Waals surface area (Å²) in [5.74, 6) is 0. The highest BCUT2D eigenvalue weighted by Crippen LogP contribution is 2.22. The number of ether oxygens (including phenoxy) is 1. The molecule has 0 saturated carbocycles. The third kappa shape index (κ3) is 3.29. The lowest BCUT2D eigenvalue weighted by atomic mass is 10.3. The smallest absolute Gasteiger partial charge is 0.292 e. The van der Waals surface area contributed by atoms with E-state index in [0.29, 0.717) is 37.7 Å². The van der Waals surface area contributed by atoms with Crippen LogP contribution in [0.15, 0.2) is 40.2 Å². The molecule has 3 rings (SSSR count). The Morgan fingerprint density at radius 3 is 2.38 bits per heavy atom. The van der Waals surface area contributed by atoms with Crippen molar-refractivity contribution in [2.24, 2.45) is 5.14 Å². The predicted octanol–water partition coefficient (Wildman–Crippen LogP) is 0.370. The van der Waals surface area contributed by atoms with Crippen molar-refractivity contribution in [2.75, 3.05) is 31.2 Å². The quantitative estimate of drug-likeness (QED) is 0.836. The van der Waals surface area contributed by atoms with Crippen LogP contribution in [0.5, 0.6) is 0 Å². The molecule has 24 heavy (non-hydrogen) atoms. The topological polar surface area (TPSA) is 108 Å². The minimum atomic E-state index is -3.79. The predicted molar refractivity (Wildman–Crippen MR) is 89.2 cm³/mol. The molecule has 10 heteroatoms. The number of aromatic nitrogens is 2. The van der Waals surface area contributed by atoms with Crippen molar-refractivity contribution in [3.8, 4) is 5.69 Å². The van der Waals surface area contributed by atoms with Gasteiger partial charge in [0.05, 0.1) is 35.7 Å². The molecule has 0 spiro atoms. The van der Waals surface area contributed by atoms with Gasteiger partial charge in [0.25, 0.3) is 5.56 Å². The molecule has 2 aromatic rings. The van der Waals surface area contributed by atoms with E-state index in [-0.39, 0.29) is 9.92 Å². The molecular weight excluding hydrogens is 356 g/mol. The summed E-state index contributed by atoms with van der Waals surface area (Å²) in [6.45, 7) is 2.39. The van der Waals surface area contributed by atoms with Gasteiger partial charge in [0, 0.05) is 13.1 Å². The zero-order chi connectivity index (χ0) is 17.3. The number of nitrogens with two attached hydrogens (primary N) is 1. The highest BCUT2D eigenvalue weighted by Gasteiger charge is 2.18. The van der Waals surface area contributed by atoms with Gasteiger partial charge in [0.2, 0.25) is 10.0 Å². The van der Waals surface area contributed by atoms with Crippen LogP contribution in [-0.4, -0.2) is 44.5 Å². The number of nitrogens with zero attached hydrogens (tertiary/aromatic N) is 3. The summed E-state index contributed by atoms with van der Waals surface area (Å²) < 4.78 is 28.9. The van der Waals surface area contributed by atoms with Gasteiger partial charge in [-0.1, -0.05) is 11.6 Å². The third-order valence-corrected chi connectivity index (χ3v) is 4.95. The fourth-order valence-electron chi connectivity index (χ4n) is 2.41. The fraction of sp³-hybridized carbons (Fsp3) is 0.286. The largest absolute Gasteiger partial charge is 0.378 e. The van der Waals surface area contributed by atoms with Gasteiger partial charge in [0.15, 0.2) is 0 Å². The van der Waals surface area contributed by atoms with Gasteiger partial charge >= 0.3 is 0 Å². The molecular formula is C14H15ClN4O4S. The molecule has 0 atom stereocenters. The monoisotopic (exact) mass is 370 g/mol. The molecule has 1 aromatic heterocycles. The Balaban J connectivity index is 1.98. The molecule has 2 heterocycles. The van der Waals surface area contributed by atoms with Gasteiger partial charge < -0.3 is 9.64 Å². The first kappa shape index (κ1) is 16.9. The van der Waals surface area contributed by atoms with E-state index in [4.69, 9.17) is 21.5 Å². The Bertz CT molecular complexity index is 905. The summed E-state index contributed by atoms with van der Waals surface area (Å²) in [6, 6.07) is 5.50. The summed E-state index contributed by atoms with van der Waals surface area (Å²) in [7, 11) is -3.79. The first-order valence-corrected chi connectivity index (χ1v) is 9.04. The lowest BCUT2D eigenvalue weighted by molar-refractivity contribution is 0.122. The van der Waals surface area contributed by atoms with Crippen molar-refractivity contribution in [1.29, 1.82) is 0 Å². The highest BCUT2D eigenvalue weighted by molar-refractivity contribution is 7.89. The third-order valence-electron chi connectivity index (χ3n) is 3.66. The highest BCUT2D eigenvalue weighted by atomic mass is 35.5. The fourth-order valence-corrected chi connectivity index (χ4v) is 3.17. The summed E-state index contributed by atoms with van der Waals surface area (Å²) in [4.78, 5) is 14.4. The van der Waals surface area contributed by atoms with E-state index in [1.54, 1.807) is 0 Å². The zero-order valence-corrected chi connectivity index (χ0v) is 14.1. The summed E-state index contributed by atoms with van der Waals surface area (Å²) >= 11 is 6.21. The van der Waals surface area contributed by atoms with Gasteiger partial charge in [-0.3, -0.25) is 4.79 Å². The number of primary sulfonamides is 1. The second-order valence-electron chi connectivity index (χ2n) is 5.20. The molecule has 0 aliphatic carbocycles. The van der Waals surface area contributed by atoms with E-state index in [1.807, 2.05) is 4.90 Å². The minimum Gasteiger partial charge on any atom is -0.378 e. The number of rotatable bonds is 3. The Hall–Kier alpha value is -1.94. The van der Waals surface area contributed by atoms with Crippen molar-refractivity contribution in [1.82, 2.24) is 9.78 Å². The summed E-state index contributed by atoms with van der Waals surface area (Å²) in [5.41, 5.74) is 0.467. The lowest BCUT2D eigenvalue weighted by Gasteiger charge is -2.29. The first-order valence-electron chi connectivity index (χ1n) is 7.12. The molecule has 1 aliphatic rings. The molecule has 0 bridgehead atoms. The Morgan fingerprint density at radius 1 is 1.17 bits per heavy atom. The van der Waals surface area contributed by atoms with Crippen molar-refractivity contribution >= 4 is 27.3 Å². The Labute approximate surface area is 143 Å². The zero-order valence-electron chi connectivity index (χ0n) is 12.6. The summed E-state index contributed by atoms with van der Waals surface area (Å²) in [5, 5.41) is 9.24. The normalized spacial score (nSPS) is 15.5. The van der Waals surface area contributed by atoms with E-state index in [1.165, 1.54) is 30.5 Å². The number of hydrogen-bond donors (Lipinski definition) is 1. The van der Waals surface area contributed by atoms with E-state index in [2.05, 4.69) is 5.10 Å². The average molecular weight is 371 g/mol. The number of halogens is 1. The van der Waals surface area contributed by atoms with Gasteiger partial charge in [-0.2, -0.15) is 9.78 Å². The van der Waals surface area contributed by atoms with Crippen molar-refractivity contribution < 1.29 is 13.2 Å². The van der Waals surface area contributed by atoms with Crippen molar-refractivity contribution in [3.63, 3.8) is 0 Å². The van der Waals surface area contributed by atoms with E-state index >= 15 is 0 Å². The van der Waals surface area contributed by atoms with Crippen molar-refractivity contribution in [2.45, 2.75) is 4.90 Å². The molecule has 2 N–H and O–H groups in total. The molecule has 1 fully saturated rings. The van der Waals surface area contributed by atoms with Crippen LogP contribution in [0.2, 0.25) is 5.02 Å². The van der Waals surface area contributed by atoms with Crippen LogP contribution in [0.4, 0.5) is 5.69 Å². The molecule has 8 nitrogen and oxygen atoms in total. The molecule has 1 aromatic carbocycles. The van der Waals surface area contributed by atoms with E-state index in [9.17, 15) is 13.2 Å². The Morgan fingerprint density at radius 2 is 1.79 bits per heavy atom. The maximum atomic E-state index is 12.5. The van der Waals surface area contributed by atoms with Crippen LogP contribution in [0.1, 0.15) is 0 Å². The number of sulfonamides is 1. The number of benzene rings is 1. The lowest BCUT2D eigenvalue weighted by Crippen LogP contribution is -2.38. The first-order chi connectivity index (χ1) is 11.4. The van der Waals surface area contributed by atoms with Crippen LogP contribution < -0.4 is 15.6 Å². The molecule has 0 radical (unpaired) electrons. The summed E-state index contributed by atoms with van der Waals surface area (Å²) in [6.07, 6.45) is 1.52. The van der Waals surface area contributed by atoms with E-state index in [0.717, 1.165) is 4.68 Å². The van der Waals surface area contributed by atoms with Crippen LogP contribution in [0.25, 0.3) is 5.69 Å². The van der Waals surface area contributed by atoms with Crippen LogP contribution >= 0.6 is 11.6 Å². The second-order valence-corrected chi connectivity index (χ2v) is 7.14. The number of morpholine rings is 1. The maximum absolute atomic E-state index is 12.5. The van der Waals surface area contributed by atoms with Gasteiger partial charge in [-0.25, -0.2) is 13.6 Å². The SMILES string of the molecule is NS(=O)(=O)c1ccc(-n2ncc(N3CCOCC3)c(Cl)c2=O)cc1. The van der Waals surface area contributed by atoms with E-state index < -0.39 is 15.6 Å². The average Bonchev–Trinajstić information content (AvgIpc) is 2.57. The molecule has 1 aliphatic heterocycles. The van der Waals surface area contributed by atoms with Crippen LogP contribution in [-0.2, 0) is 14.8 Å². The molecule has 128 valence electrons. The molecule has 1 saturated heterocycles. The minimum absolute atomic E-state index is 0.0460. The van der Waals surface area contributed by atoms with Gasteiger partial charge in [-0.05, 0) is 24.3 Å². The molecule has 0 unspecified atom stereocenters. The van der Waals surface area contributed by atoms with Crippen LogP contribution in [0.3, 0.4) is 0 Å². The second kappa shape index (κ2) is 6.52. The van der Waals surface area contributed by atoms with Crippen molar-refractivity contribution in [3.05, 3.63) is 45.8 Å². The van der Waals surface area contributed by atoms with Gasteiger partial charge in [-0.15, -0.1) is 0 Å². The number of hydrogen-bond acceptors (Lipinski definition) is 6.